The molecule has 2 nitrogen and oxygen atoms in total. The summed E-state index contributed by atoms with van der Waals surface area (Å²) in [7, 11) is 0. The van der Waals surface area contributed by atoms with Crippen molar-refractivity contribution in [3.63, 3.8) is 0 Å². The molecule has 1 atom stereocenters. The van der Waals surface area contributed by atoms with Crippen LogP contribution in [0.5, 0.6) is 5.75 Å². The average Bonchev–Trinajstić information content (AvgIpc) is 2.14. The van der Waals surface area contributed by atoms with E-state index in [1.54, 1.807) is 0 Å². The molecule has 0 aliphatic rings. The number of hydrogen-bond acceptors (Lipinski definition) is 2. The molecule has 16 heavy (non-hydrogen) atoms. The van der Waals surface area contributed by atoms with Gasteiger partial charge in [-0.1, -0.05) is 12.1 Å². The van der Waals surface area contributed by atoms with Crippen LogP contribution in [-0.4, -0.2) is 13.0 Å². The van der Waals surface area contributed by atoms with E-state index in [-0.39, 0.29) is 18.0 Å². The van der Waals surface area contributed by atoms with Gasteiger partial charge < -0.3 is 10.5 Å². The minimum atomic E-state index is -4.75. The van der Waals surface area contributed by atoms with Crippen LogP contribution in [-0.2, 0) is 0 Å². The molecule has 0 saturated heterocycles. The third-order valence-electron chi connectivity index (χ3n) is 1.69. The molecule has 0 unspecified atom stereocenters. The van der Waals surface area contributed by atoms with Crippen molar-refractivity contribution in [3.8, 4) is 5.75 Å². The highest BCUT2D eigenvalue weighted by Gasteiger charge is 2.31. The molecular weight excluding hydrogens is 250 g/mol. The van der Waals surface area contributed by atoms with E-state index in [9.17, 15) is 17.6 Å². The maximum Gasteiger partial charge on any atom is 0.573 e. The van der Waals surface area contributed by atoms with Gasteiger partial charge in [0.25, 0.3) is 0 Å². The maximum absolute atomic E-state index is 12.2. The van der Waals surface area contributed by atoms with Crippen LogP contribution in [0.1, 0.15) is 11.6 Å². The molecule has 0 fully saturated rings. The van der Waals surface area contributed by atoms with Gasteiger partial charge in [-0.25, -0.2) is 4.39 Å². The minimum Gasteiger partial charge on any atom is -0.406 e. The largest absolute Gasteiger partial charge is 0.573 e. The Bertz CT molecular complexity index is 332. The first kappa shape index (κ1) is 15.0. The predicted molar refractivity (Wildman–Crippen MR) is 53.3 cm³/mol. The zero-order valence-corrected chi connectivity index (χ0v) is 8.82. The van der Waals surface area contributed by atoms with Crippen LogP contribution in [0, 0.1) is 0 Å². The van der Waals surface area contributed by atoms with Gasteiger partial charge in [-0.05, 0) is 17.7 Å². The van der Waals surface area contributed by atoms with Crippen molar-refractivity contribution >= 4 is 12.4 Å². The molecule has 2 N–H and O–H groups in total. The number of rotatable bonds is 3. The Labute approximate surface area is 95.8 Å². The summed E-state index contributed by atoms with van der Waals surface area (Å²) in [4.78, 5) is 0. The highest BCUT2D eigenvalue weighted by Crippen LogP contribution is 2.24. The second-order valence-corrected chi connectivity index (χ2v) is 2.88. The minimum absolute atomic E-state index is 0. The molecule has 0 aliphatic heterocycles. The van der Waals surface area contributed by atoms with E-state index in [1.165, 1.54) is 12.1 Å². The number of nitrogens with two attached hydrogens (primary N) is 1. The molecule has 1 aromatic carbocycles. The molecular formula is C9H10ClF4NO. The van der Waals surface area contributed by atoms with Gasteiger partial charge in [0.15, 0.2) is 0 Å². The van der Waals surface area contributed by atoms with Crippen molar-refractivity contribution in [3.05, 3.63) is 29.8 Å². The predicted octanol–water partition coefficient (Wildman–Crippen LogP) is 2.98. The maximum atomic E-state index is 12.2. The van der Waals surface area contributed by atoms with Crippen molar-refractivity contribution in [1.82, 2.24) is 0 Å². The van der Waals surface area contributed by atoms with Gasteiger partial charge in [0.05, 0.1) is 6.04 Å². The lowest BCUT2D eigenvalue weighted by Crippen LogP contribution is -2.18. The third-order valence-corrected chi connectivity index (χ3v) is 1.69. The molecule has 1 aromatic rings. The summed E-state index contributed by atoms with van der Waals surface area (Å²) >= 11 is 0. The smallest absolute Gasteiger partial charge is 0.406 e. The molecule has 0 radical (unpaired) electrons. The molecule has 7 heteroatoms. The Morgan fingerprint density at radius 2 is 1.94 bits per heavy atom. The van der Waals surface area contributed by atoms with E-state index in [2.05, 4.69) is 4.74 Å². The fourth-order valence-corrected chi connectivity index (χ4v) is 1.03. The summed E-state index contributed by atoms with van der Waals surface area (Å²) in [5, 5.41) is 0. The number of halogens is 5. The second-order valence-electron chi connectivity index (χ2n) is 2.88. The normalized spacial score (nSPS) is 12.8. The summed E-state index contributed by atoms with van der Waals surface area (Å²) in [5.74, 6) is -0.399. The van der Waals surface area contributed by atoms with Crippen LogP contribution < -0.4 is 10.5 Å². The fraction of sp³-hybridized carbons (Fsp3) is 0.333. The lowest BCUT2D eigenvalue weighted by Gasteiger charge is -2.12. The zero-order valence-electron chi connectivity index (χ0n) is 8.00. The lowest BCUT2D eigenvalue weighted by atomic mass is 10.1. The molecule has 0 amide bonds. The number of ether oxygens (including phenoxy) is 1. The first-order chi connectivity index (χ1) is 6.92. The number of hydrogen-bond donors (Lipinski definition) is 1. The summed E-state index contributed by atoms with van der Waals surface area (Å²) in [5.41, 5.74) is 5.58. The molecule has 0 heterocycles. The highest BCUT2D eigenvalue weighted by molar-refractivity contribution is 5.85. The van der Waals surface area contributed by atoms with E-state index >= 15 is 0 Å². The third kappa shape index (κ3) is 4.67. The van der Waals surface area contributed by atoms with Crippen molar-refractivity contribution in [2.75, 3.05) is 6.67 Å². The van der Waals surface area contributed by atoms with Crippen molar-refractivity contribution < 1.29 is 22.3 Å². The van der Waals surface area contributed by atoms with E-state index in [1.807, 2.05) is 0 Å². The van der Waals surface area contributed by atoms with Crippen LogP contribution >= 0.6 is 12.4 Å². The van der Waals surface area contributed by atoms with Gasteiger partial charge in [0.1, 0.15) is 12.4 Å². The fourth-order valence-electron chi connectivity index (χ4n) is 1.03. The van der Waals surface area contributed by atoms with Crippen molar-refractivity contribution in [1.29, 1.82) is 0 Å². The Morgan fingerprint density at radius 3 is 2.44 bits per heavy atom. The molecule has 0 aromatic heterocycles. The van der Waals surface area contributed by atoms with Gasteiger partial charge in [0, 0.05) is 0 Å². The van der Waals surface area contributed by atoms with Gasteiger partial charge in [0.2, 0.25) is 0 Å². The van der Waals surface area contributed by atoms with E-state index in [0.29, 0.717) is 0 Å². The molecule has 0 bridgehead atoms. The first-order valence-corrected chi connectivity index (χ1v) is 4.09. The van der Waals surface area contributed by atoms with Crippen LogP contribution in [0.2, 0.25) is 0 Å². The first-order valence-electron chi connectivity index (χ1n) is 4.09. The molecule has 0 aliphatic carbocycles. The van der Waals surface area contributed by atoms with Crippen LogP contribution in [0.15, 0.2) is 24.3 Å². The highest BCUT2D eigenvalue weighted by atomic mass is 35.5. The number of alkyl halides is 4. The zero-order chi connectivity index (χ0) is 11.5. The monoisotopic (exact) mass is 259 g/mol. The molecule has 0 spiro atoms. The van der Waals surface area contributed by atoms with Crippen molar-refractivity contribution in [2.24, 2.45) is 5.73 Å². The average molecular weight is 260 g/mol. The van der Waals surface area contributed by atoms with Crippen molar-refractivity contribution in [2.45, 2.75) is 12.4 Å². The SMILES string of the molecule is Cl.N[C@H](CF)c1cccc(OC(F)(F)F)c1. The molecule has 0 saturated carbocycles. The molecule has 1 rings (SSSR count). The summed E-state index contributed by atoms with van der Waals surface area (Å²) in [6.45, 7) is -0.838. The summed E-state index contributed by atoms with van der Waals surface area (Å²) < 4.78 is 51.3. The Balaban J connectivity index is 0.00000225. The van der Waals surface area contributed by atoms with Crippen LogP contribution in [0.3, 0.4) is 0 Å². The van der Waals surface area contributed by atoms with Gasteiger partial charge in [-0.2, -0.15) is 0 Å². The van der Waals surface area contributed by atoms with Crippen LogP contribution in [0.25, 0.3) is 0 Å². The topological polar surface area (TPSA) is 35.2 Å². The summed E-state index contributed by atoms with van der Waals surface area (Å²) in [6, 6.07) is 4.03. The van der Waals surface area contributed by atoms with E-state index in [0.717, 1.165) is 12.1 Å². The standard InChI is InChI=1S/C9H9F4NO.ClH/c10-5-8(14)6-2-1-3-7(4-6)15-9(11,12)13;/h1-4,8H,5,14H2;1H/t8-;/m1./s1. The number of benzene rings is 1. The van der Waals surface area contributed by atoms with Gasteiger partial charge >= 0.3 is 6.36 Å². The van der Waals surface area contributed by atoms with Crippen LogP contribution in [0.4, 0.5) is 17.6 Å². The lowest BCUT2D eigenvalue weighted by molar-refractivity contribution is -0.274. The Hall–Kier alpha value is -1.01. The Kier molecular flexibility index (Phi) is 5.53. The molecule has 92 valence electrons. The Morgan fingerprint density at radius 1 is 1.31 bits per heavy atom. The van der Waals surface area contributed by atoms with E-state index < -0.39 is 24.8 Å². The van der Waals surface area contributed by atoms with Gasteiger partial charge in [-0.15, -0.1) is 25.6 Å². The quantitative estimate of drug-likeness (QED) is 0.847. The van der Waals surface area contributed by atoms with E-state index in [4.69, 9.17) is 5.73 Å². The van der Waals surface area contributed by atoms with Gasteiger partial charge in [-0.3, -0.25) is 0 Å². The second kappa shape index (κ2) is 5.91. The summed E-state index contributed by atoms with van der Waals surface area (Å²) in [6.07, 6.45) is -4.75.